The summed E-state index contributed by atoms with van der Waals surface area (Å²) < 4.78 is 0. The first kappa shape index (κ1) is 19.7. The average Bonchev–Trinajstić information content (AvgIpc) is 2.89. The molecule has 2 rings (SSSR count). The fraction of sp³-hybridized carbons (Fsp3) is 0.800. The van der Waals surface area contributed by atoms with Crippen LogP contribution in [0.15, 0.2) is 0 Å². The minimum atomic E-state index is -0.827. The first-order chi connectivity index (χ1) is 10.5. The van der Waals surface area contributed by atoms with E-state index in [1.165, 1.54) is 6.42 Å². The Bertz CT molecular complexity index is 446. The molecule has 0 aromatic rings. The van der Waals surface area contributed by atoms with Gasteiger partial charge in [0.1, 0.15) is 0 Å². The van der Waals surface area contributed by atoms with Crippen LogP contribution in [0.2, 0.25) is 0 Å². The highest BCUT2D eigenvalue weighted by Gasteiger charge is 2.29. The molecule has 132 valence electrons. The summed E-state index contributed by atoms with van der Waals surface area (Å²) in [6.07, 6.45) is 4.90. The smallest absolute Gasteiger partial charge is 0.321 e. The Labute approximate surface area is 142 Å². The zero-order chi connectivity index (χ0) is 16.1. The van der Waals surface area contributed by atoms with Gasteiger partial charge in [-0.3, -0.25) is 19.8 Å². The van der Waals surface area contributed by atoms with Crippen LogP contribution in [0.1, 0.15) is 39.0 Å². The number of carboxylic acids is 1. The SMILES string of the molecule is CC1CCCCC1NC(=O)NC(=O)CN1CCC(C(=O)O)C1.Cl. The highest BCUT2D eigenvalue weighted by atomic mass is 35.5. The van der Waals surface area contributed by atoms with Gasteiger partial charge >= 0.3 is 12.0 Å². The van der Waals surface area contributed by atoms with Gasteiger partial charge in [-0.15, -0.1) is 12.4 Å². The van der Waals surface area contributed by atoms with Crippen molar-refractivity contribution >= 4 is 30.3 Å². The van der Waals surface area contributed by atoms with Crippen molar-refractivity contribution in [1.29, 1.82) is 0 Å². The quantitative estimate of drug-likeness (QED) is 0.710. The van der Waals surface area contributed by atoms with Crippen molar-refractivity contribution in [2.24, 2.45) is 11.8 Å². The highest BCUT2D eigenvalue weighted by molar-refractivity contribution is 5.95. The summed E-state index contributed by atoms with van der Waals surface area (Å²) >= 11 is 0. The Hall–Kier alpha value is -1.34. The third kappa shape index (κ3) is 5.99. The van der Waals surface area contributed by atoms with Gasteiger partial charge in [-0.25, -0.2) is 4.79 Å². The molecule has 3 N–H and O–H groups in total. The fourth-order valence-corrected chi connectivity index (χ4v) is 3.28. The lowest BCUT2D eigenvalue weighted by atomic mass is 9.86. The van der Waals surface area contributed by atoms with E-state index < -0.39 is 17.9 Å². The van der Waals surface area contributed by atoms with Gasteiger partial charge in [-0.1, -0.05) is 19.8 Å². The summed E-state index contributed by atoms with van der Waals surface area (Å²) in [4.78, 5) is 36.3. The lowest BCUT2D eigenvalue weighted by Crippen LogP contribution is -2.49. The number of likely N-dealkylation sites (tertiary alicyclic amines) is 1. The first-order valence-corrected chi connectivity index (χ1v) is 8.01. The topological polar surface area (TPSA) is 98.7 Å². The number of urea groups is 1. The average molecular weight is 348 g/mol. The van der Waals surface area contributed by atoms with E-state index in [0.29, 0.717) is 25.4 Å². The van der Waals surface area contributed by atoms with E-state index in [4.69, 9.17) is 5.11 Å². The van der Waals surface area contributed by atoms with Gasteiger partial charge in [0, 0.05) is 12.6 Å². The maximum absolute atomic E-state index is 11.9. The van der Waals surface area contributed by atoms with Crippen molar-refractivity contribution < 1.29 is 19.5 Å². The number of carboxylic acid groups (broad SMARTS) is 1. The molecule has 0 aromatic heterocycles. The lowest BCUT2D eigenvalue weighted by molar-refractivity contribution is -0.141. The number of aliphatic carboxylic acids is 1. The second-order valence-electron chi connectivity index (χ2n) is 6.45. The monoisotopic (exact) mass is 347 g/mol. The number of carbonyl (C=O) groups excluding carboxylic acids is 2. The maximum Gasteiger partial charge on any atom is 0.321 e. The molecule has 3 atom stereocenters. The third-order valence-corrected chi connectivity index (χ3v) is 4.67. The van der Waals surface area contributed by atoms with Gasteiger partial charge in [0.2, 0.25) is 5.91 Å². The summed E-state index contributed by atoms with van der Waals surface area (Å²) in [5.74, 6) is -1.19. The Balaban J connectivity index is 0.00000264. The summed E-state index contributed by atoms with van der Waals surface area (Å²) in [6.45, 7) is 3.12. The number of nitrogens with zero attached hydrogens (tertiary/aromatic N) is 1. The molecule has 1 saturated heterocycles. The maximum atomic E-state index is 11.9. The second-order valence-corrected chi connectivity index (χ2v) is 6.45. The number of nitrogens with one attached hydrogen (secondary N) is 2. The molecule has 0 bridgehead atoms. The molecule has 1 heterocycles. The lowest BCUT2D eigenvalue weighted by Gasteiger charge is -2.29. The minimum Gasteiger partial charge on any atom is -0.481 e. The first-order valence-electron chi connectivity index (χ1n) is 8.01. The van der Waals surface area contributed by atoms with Crippen molar-refractivity contribution in [2.75, 3.05) is 19.6 Å². The zero-order valence-corrected chi connectivity index (χ0v) is 14.2. The summed E-state index contributed by atoms with van der Waals surface area (Å²) in [6, 6.07) is -0.317. The third-order valence-electron chi connectivity index (χ3n) is 4.67. The van der Waals surface area contributed by atoms with E-state index >= 15 is 0 Å². The molecule has 2 fully saturated rings. The molecule has 1 aliphatic heterocycles. The number of amides is 3. The Morgan fingerprint density at radius 2 is 1.87 bits per heavy atom. The molecule has 7 nitrogen and oxygen atoms in total. The van der Waals surface area contributed by atoms with Crippen LogP contribution in [-0.2, 0) is 9.59 Å². The molecule has 2 aliphatic rings. The van der Waals surface area contributed by atoms with Crippen LogP contribution in [0.4, 0.5) is 4.79 Å². The van der Waals surface area contributed by atoms with Crippen molar-refractivity contribution in [3.05, 3.63) is 0 Å². The molecular formula is C15H26ClN3O4. The number of halogens is 1. The Morgan fingerprint density at radius 1 is 1.17 bits per heavy atom. The van der Waals surface area contributed by atoms with Gasteiger partial charge < -0.3 is 10.4 Å². The second kappa shape index (κ2) is 9.08. The van der Waals surface area contributed by atoms with E-state index in [0.717, 1.165) is 19.3 Å². The van der Waals surface area contributed by atoms with Gasteiger partial charge in [0.05, 0.1) is 12.5 Å². The number of rotatable bonds is 4. The Kier molecular flexibility index (Phi) is 7.78. The van der Waals surface area contributed by atoms with Gasteiger partial charge in [-0.2, -0.15) is 0 Å². The van der Waals surface area contributed by atoms with Crippen LogP contribution in [0.3, 0.4) is 0 Å². The van der Waals surface area contributed by atoms with Crippen molar-refractivity contribution in [2.45, 2.75) is 45.1 Å². The standard InChI is InChI=1S/C15H25N3O4.ClH/c1-10-4-2-3-5-12(10)16-15(22)17-13(19)9-18-7-6-11(8-18)14(20)21;/h10-12H,2-9H2,1H3,(H,20,21)(H2,16,17,19,22);1H. The van der Waals surface area contributed by atoms with E-state index in [-0.39, 0.29) is 30.9 Å². The molecule has 0 spiro atoms. The molecule has 3 amide bonds. The molecular weight excluding hydrogens is 322 g/mol. The minimum absolute atomic E-state index is 0. The molecule has 23 heavy (non-hydrogen) atoms. The zero-order valence-electron chi connectivity index (χ0n) is 13.4. The summed E-state index contributed by atoms with van der Waals surface area (Å²) in [5, 5.41) is 14.1. The Morgan fingerprint density at radius 3 is 2.48 bits per heavy atom. The van der Waals surface area contributed by atoms with Crippen molar-refractivity contribution in [1.82, 2.24) is 15.5 Å². The van der Waals surface area contributed by atoms with Crippen LogP contribution in [0.5, 0.6) is 0 Å². The van der Waals surface area contributed by atoms with E-state index in [9.17, 15) is 14.4 Å². The van der Waals surface area contributed by atoms with Crippen LogP contribution >= 0.6 is 12.4 Å². The van der Waals surface area contributed by atoms with Crippen molar-refractivity contribution in [3.63, 3.8) is 0 Å². The molecule has 1 saturated carbocycles. The van der Waals surface area contributed by atoms with Crippen LogP contribution < -0.4 is 10.6 Å². The number of hydrogen-bond acceptors (Lipinski definition) is 4. The van der Waals surface area contributed by atoms with Gasteiger partial charge in [-0.05, 0) is 31.7 Å². The van der Waals surface area contributed by atoms with Crippen LogP contribution in [0.25, 0.3) is 0 Å². The predicted molar refractivity (Wildman–Crippen MR) is 87.5 cm³/mol. The molecule has 0 radical (unpaired) electrons. The van der Waals surface area contributed by atoms with E-state index in [1.807, 2.05) is 0 Å². The van der Waals surface area contributed by atoms with Crippen LogP contribution in [0, 0.1) is 11.8 Å². The normalized spacial score (nSPS) is 27.8. The number of hydrogen-bond donors (Lipinski definition) is 3. The molecule has 8 heteroatoms. The van der Waals surface area contributed by atoms with Crippen molar-refractivity contribution in [3.8, 4) is 0 Å². The molecule has 1 aliphatic carbocycles. The predicted octanol–water partition coefficient (Wildman–Crippen LogP) is 1.22. The molecule has 3 unspecified atom stereocenters. The summed E-state index contributed by atoms with van der Waals surface area (Å²) in [7, 11) is 0. The molecule has 0 aromatic carbocycles. The van der Waals surface area contributed by atoms with E-state index in [1.54, 1.807) is 4.90 Å². The van der Waals surface area contributed by atoms with Gasteiger partial charge in [0.25, 0.3) is 0 Å². The van der Waals surface area contributed by atoms with Gasteiger partial charge in [0.15, 0.2) is 0 Å². The number of carbonyl (C=O) groups is 3. The fourth-order valence-electron chi connectivity index (χ4n) is 3.28. The van der Waals surface area contributed by atoms with E-state index in [2.05, 4.69) is 17.6 Å². The van der Waals surface area contributed by atoms with Crippen LogP contribution in [-0.4, -0.2) is 53.6 Å². The largest absolute Gasteiger partial charge is 0.481 e. The number of imide groups is 1. The highest BCUT2D eigenvalue weighted by Crippen LogP contribution is 2.23. The summed E-state index contributed by atoms with van der Waals surface area (Å²) in [5.41, 5.74) is 0.